The lowest BCUT2D eigenvalue weighted by molar-refractivity contribution is -0.129. The van der Waals surface area contributed by atoms with Crippen molar-refractivity contribution in [2.75, 3.05) is 12.9 Å². The molecule has 33 heavy (non-hydrogen) atoms. The Hall–Kier alpha value is -2.10. The van der Waals surface area contributed by atoms with Crippen LogP contribution in [0.4, 0.5) is 0 Å². The Balaban J connectivity index is 2.18. The van der Waals surface area contributed by atoms with E-state index in [1.54, 1.807) is 18.7 Å². The number of unbranched alkanes of at least 4 members (excludes halogenated alkanes) is 1. The Labute approximate surface area is 197 Å². The van der Waals surface area contributed by atoms with Crippen LogP contribution in [-0.2, 0) is 11.2 Å². The van der Waals surface area contributed by atoms with Crippen LogP contribution in [0.2, 0.25) is 0 Å². The van der Waals surface area contributed by atoms with E-state index in [0.29, 0.717) is 22.6 Å². The summed E-state index contributed by atoms with van der Waals surface area (Å²) in [6.45, 7) is 4.23. The highest BCUT2D eigenvalue weighted by Crippen LogP contribution is 2.58. The Morgan fingerprint density at radius 3 is 2.58 bits per heavy atom. The van der Waals surface area contributed by atoms with Crippen LogP contribution in [0.25, 0.3) is 0 Å². The molecule has 2 aromatic carbocycles. The van der Waals surface area contributed by atoms with Crippen molar-refractivity contribution in [2.24, 2.45) is 0 Å². The number of carbonyl (C=O) groups excluding carboxylic acids is 1. The highest BCUT2D eigenvalue weighted by molar-refractivity contribution is 8.24. The second kappa shape index (κ2) is 10.9. The van der Waals surface area contributed by atoms with Crippen LogP contribution in [0.15, 0.2) is 47.4 Å². The van der Waals surface area contributed by atoms with Gasteiger partial charge in [-0.1, -0.05) is 57.0 Å². The number of hydroxylamine groups is 1. The predicted molar refractivity (Wildman–Crippen MR) is 131 cm³/mol. The molecule has 1 amide bonds. The minimum atomic E-state index is -3.13. The zero-order valence-corrected chi connectivity index (χ0v) is 20.5. The molecule has 182 valence electrons. The molecule has 1 aliphatic rings. The third-order valence-electron chi connectivity index (χ3n) is 6.57. The first kappa shape index (κ1) is 25.5. The average molecular weight is 477 g/mol. The van der Waals surface area contributed by atoms with Gasteiger partial charge in [0, 0.05) is 17.5 Å². The maximum absolute atomic E-state index is 11.6. The fourth-order valence-electron chi connectivity index (χ4n) is 4.65. The Morgan fingerprint density at radius 2 is 1.97 bits per heavy atom. The molecular weight excluding hydrogens is 440 g/mol. The van der Waals surface area contributed by atoms with Crippen LogP contribution in [0.5, 0.6) is 5.75 Å². The van der Waals surface area contributed by atoms with Gasteiger partial charge in [0.15, 0.2) is 0 Å². The lowest BCUT2D eigenvalue weighted by Crippen LogP contribution is -2.49. The molecule has 2 aromatic rings. The number of carbonyl (C=O) groups is 1. The summed E-state index contributed by atoms with van der Waals surface area (Å²) in [4.78, 5) is 12.1. The van der Waals surface area contributed by atoms with Crippen molar-refractivity contribution in [3.8, 4) is 5.75 Å². The zero-order chi connectivity index (χ0) is 24.1. The van der Waals surface area contributed by atoms with Crippen molar-refractivity contribution >= 4 is 16.5 Å². The number of fused-ring (bicyclic) bond motifs is 1. The van der Waals surface area contributed by atoms with Crippen LogP contribution < -0.4 is 15.5 Å². The smallest absolute Gasteiger partial charge is 0.243 e. The summed E-state index contributed by atoms with van der Waals surface area (Å²) in [6.07, 6.45) is 3.97. The zero-order valence-electron chi connectivity index (χ0n) is 19.6. The molecule has 2 atom stereocenters. The summed E-state index contributed by atoms with van der Waals surface area (Å²) in [5.41, 5.74) is 3.73. The first-order chi connectivity index (χ1) is 15.8. The van der Waals surface area contributed by atoms with Crippen LogP contribution >= 0.6 is 10.6 Å². The molecular formula is C25H36N2O5S. The Morgan fingerprint density at radius 1 is 1.24 bits per heavy atom. The molecule has 8 heteroatoms. The Bertz CT molecular complexity index is 953. The fourth-order valence-corrected chi connectivity index (χ4v) is 6.90. The van der Waals surface area contributed by atoms with E-state index in [9.17, 15) is 13.9 Å². The number of amides is 1. The van der Waals surface area contributed by atoms with Crippen LogP contribution in [0, 0.1) is 0 Å². The van der Waals surface area contributed by atoms with Gasteiger partial charge >= 0.3 is 0 Å². The van der Waals surface area contributed by atoms with Gasteiger partial charge in [-0.3, -0.25) is 24.4 Å². The van der Waals surface area contributed by atoms with Gasteiger partial charge in [0.2, 0.25) is 5.91 Å². The minimum absolute atomic E-state index is 0.0561. The van der Waals surface area contributed by atoms with Crippen LogP contribution in [0.3, 0.4) is 0 Å². The third-order valence-corrected chi connectivity index (χ3v) is 8.58. The SMILES string of the molecule is CCCC[C@]1(CC)CS(O)(O)c2cc(CCC(=O)NO)c(OC)cc2[C@@H](c2ccccc2)N1. The van der Waals surface area contributed by atoms with E-state index in [4.69, 9.17) is 9.94 Å². The van der Waals surface area contributed by atoms with Gasteiger partial charge in [-0.05, 0) is 42.5 Å². The van der Waals surface area contributed by atoms with Gasteiger partial charge in [-0.25, -0.2) is 5.48 Å². The molecule has 0 fully saturated rings. The molecule has 0 saturated carbocycles. The van der Waals surface area contributed by atoms with Crippen molar-refractivity contribution in [1.82, 2.24) is 10.8 Å². The van der Waals surface area contributed by atoms with E-state index in [2.05, 4.69) is 19.2 Å². The molecule has 3 rings (SSSR count). The summed E-state index contributed by atoms with van der Waals surface area (Å²) in [5.74, 6) is 0.303. The number of ether oxygens (including phenoxy) is 1. The third kappa shape index (κ3) is 5.70. The predicted octanol–water partition coefficient (Wildman–Crippen LogP) is 5.27. The molecule has 0 radical (unpaired) electrons. The van der Waals surface area contributed by atoms with Crippen molar-refractivity contribution in [3.63, 3.8) is 0 Å². The summed E-state index contributed by atoms with van der Waals surface area (Å²) in [7, 11) is -1.57. The number of nitrogens with one attached hydrogen (secondary N) is 2. The molecule has 5 N–H and O–H groups in total. The van der Waals surface area contributed by atoms with Gasteiger partial charge in [-0.15, -0.1) is 0 Å². The number of hydrogen-bond donors (Lipinski definition) is 5. The molecule has 0 bridgehead atoms. The lowest BCUT2D eigenvalue weighted by Gasteiger charge is -2.42. The molecule has 0 spiro atoms. The van der Waals surface area contributed by atoms with E-state index in [-0.39, 0.29) is 18.2 Å². The number of benzene rings is 2. The van der Waals surface area contributed by atoms with Gasteiger partial charge in [-0.2, -0.15) is 10.6 Å². The van der Waals surface area contributed by atoms with Gasteiger partial charge in [0.25, 0.3) is 0 Å². The minimum Gasteiger partial charge on any atom is -0.496 e. The van der Waals surface area contributed by atoms with Crippen LogP contribution in [0.1, 0.15) is 68.7 Å². The second-order valence-corrected chi connectivity index (χ2v) is 10.8. The summed E-state index contributed by atoms with van der Waals surface area (Å²) in [5, 5.41) is 12.7. The van der Waals surface area contributed by atoms with E-state index in [0.717, 1.165) is 36.8 Å². The maximum Gasteiger partial charge on any atom is 0.243 e. The number of rotatable bonds is 9. The molecule has 7 nitrogen and oxygen atoms in total. The highest BCUT2D eigenvalue weighted by atomic mass is 32.3. The molecule has 1 aliphatic heterocycles. The molecule has 0 saturated heterocycles. The van der Waals surface area contributed by atoms with Crippen molar-refractivity contribution in [3.05, 3.63) is 59.2 Å². The molecule has 0 aliphatic carbocycles. The highest BCUT2D eigenvalue weighted by Gasteiger charge is 2.42. The van der Waals surface area contributed by atoms with E-state index in [1.807, 2.05) is 36.4 Å². The van der Waals surface area contributed by atoms with E-state index in [1.165, 1.54) is 0 Å². The summed E-state index contributed by atoms with van der Waals surface area (Å²) in [6, 6.07) is 13.4. The van der Waals surface area contributed by atoms with E-state index < -0.39 is 22.0 Å². The number of aryl methyl sites for hydroxylation is 1. The second-order valence-electron chi connectivity index (χ2n) is 8.77. The average Bonchev–Trinajstić information content (AvgIpc) is 2.93. The Kier molecular flexibility index (Phi) is 8.42. The fraction of sp³-hybridized carbons (Fsp3) is 0.480. The molecule has 0 aromatic heterocycles. The van der Waals surface area contributed by atoms with Crippen molar-refractivity contribution in [2.45, 2.75) is 68.8 Å². The number of hydrogen-bond acceptors (Lipinski definition) is 6. The molecule has 1 heterocycles. The van der Waals surface area contributed by atoms with Gasteiger partial charge in [0.05, 0.1) is 23.8 Å². The van der Waals surface area contributed by atoms with Crippen LogP contribution in [-0.4, -0.2) is 38.6 Å². The monoisotopic (exact) mass is 476 g/mol. The van der Waals surface area contributed by atoms with Gasteiger partial charge in [0.1, 0.15) is 5.75 Å². The topological polar surface area (TPSA) is 111 Å². The largest absolute Gasteiger partial charge is 0.496 e. The summed E-state index contributed by atoms with van der Waals surface area (Å²) < 4.78 is 28.6. The van der Waals surface area contributed by atoms with Gasteiger partial charge < -0.3 is 4.74 Å². The van der Waals surface area contributed by atoms with E-state index >= 15 is 0 Å². The first-order valence-corrected chi connectivity index (χ1v) is 13.2. The maximum atomic E-state index is 11.6. The van der Waals surface area contributed by atoms with Crippen molar-refractivity contribution in [1.29, 1.82) is 0 Å². The van der Waals surface area contributed by atoms with Crippen molar-refractivity contribution < 1.29 is 23.8 Å². The normalized spacial score (nSPS) is 22.7. The quantitative estimate of drug-likeness (QED) is 0.249. The number of methoxy groups -OCH3 is 1. The first-order valence-electron chi connectivity index (χ1n) is 11.5. The standard InChI is InChI=1S/C25H36N2O5S/c1-4-6-14-25(5-2)17-33(30,31)22-15-19(12-13-23(28)27-29)21(32-3)16-20(22)24(26-25)18-10-8-7-9-11-18/h7-11,15-16,24,26,29-31H,4-6,12-14,17H2,1-3H3,(H,27,28)/t24-,25-/m1/s1. The summed E-state index contributed by atoms with van der Waals surface area (Å²) >= 11 is 0. The lowest BCUT2D eigenvalue weighted by atomic mass is 9.87. The molecule has 0 unspecified atom stereocenters.